The SMILES string of the molecule is NC1=NN(Cc2ccc3c(c2)OCO3)C(=O)C1. The Hall–Kier alpha value is -2.24. The number of amides is 1. The summed E-state index contributed by atoms with van der Waals surface area (Å²) in [6.07, 6.45) is 0.199. The first-order chi connectivity index (χ1) is 8.22. The van der Waals surface area contributed by atoms with E-state index < -0.39 is 0 Å². The summed E-state index contributed by atoms with van der Waals surface area (Å²) in [6, 6.07) is 5.55. The molecule has 0 saturated heterocycles. The third kappa shape index (κ3) is 1.77. The zero-order valence-corrected chi connectivity index (χ0v) is 9.05. The Balaban J connectivity index is 1.80. The van der Waals surface area contributed by atoms with Crippen molar-refractivity contribution >= 4 is 11.7 Å². The number of hydrogen-bond donors (Lipinski definition) is 1. The lowest BCUT2D eigenvalue weighted by molar-refractivity contribution is -0.129. The van der Waals surface area contributed by atoms with Gasteiger partial charge in [0.15, 0.2) is 11.5 Å². The number of benzene rings is 1. The molecule has 0 fully saturated rings. The van der Waals surface area contributed by atoms with Gasteiger partial charge in [0.25, 0.3) is 5.91 Å². The predicted molar refractivity (Wildman–Crippen MR) is 59.4 cm³/mol. The van der Waals surface area contributed by atoms with Crippen molar-refractivity contribution in [3.63, 3.8) is 0 Å². The first kappa shape index (κ1) is 9.95. The molecule has 0 radical (unpaired) electrons. The standard InChI is InChI=1S/C11H11N3O3/c12-10-4-11(15)14(13-10)5-7-1-2-8-9(3-7)17-6-16-8/h1-3H,4-6H2,(H2,12,13). The number of amidine groups is 1. The van der Waals surface area contributed by atoms with E-state index in [0.29, 0.717) is 18.1 Å². The first-order valence-electron chi connectivity index (χ1n) is 5.24. The molecule has 17 heavy (non-hydrogen) atoms. The van der Waals surface area contributed by atoms with Crippen LogP contribution in [0.2, 0.25) is 0 Å². The normalized spacial score (nSPS) is 17.5. The fourth-order valence-electron chi connectivity index (χ4n) is 1.83. The van der Waals surface area contributed by atoms with Crippen LogP contribution in [0.3, 0.4) is 0 Å². The molecule has 2 aliphatic heterocycles. The Kier molecular flexibility index (Phi) is 2.14. The van der Waals surface area contributed by atoms with Crippen molar-refractivity contribution in [1.82, 2.24) is 5.01 Å². The molecule has 2 aliphatic rings. The lowest BCUT2D eigenvalue weighted by atomic mass is 10.2. The van der Waals surface area contributed by atoms with Crippen molar-refractivity contribution in [2.45, 2.75) is 13.0 Å². The second-order valence-corrected chi connectivity index (χ2v) is 3.91. The molecule has 3 rings (SSSR count). The van der Waals surface area contributed by atoms with Crippen LogP contribution >= 0.6 is 0 Å². The van der Waals surface area contributed by atoms with Gasteiger partial charge in [-0.05, 0) is 17.7 Å². The molecule has 0 bridgehead atoms. The highest BCUT2D eigenvalue weighted by atomic mass is 16.7. The summed E-state index contributed by atoms with van der Waals surface area (Å²) in [5, 5.41) is 5.33. The van der Waals surface area contributed by atoms with Crippen molar-refractivity contribution in [2.24, 2.45) is 10.8 Å². The van der Waals surface area contributed by atoms with E-state index >= 15 is 0 Å². The summed E-state index contributed by atoms with van der Waals surface area (Å²) in [7, 11) is 0. The molecule has 0 spiro atoms. The van der Waals surface area contributed by atoms with Crippen LogP contribution in [0.15, 0.2) is 23.3 Å². The zero-order valence-electron chi connectivity index (χ0n) is 9.05. The van der Waals surface area contributed by atoms with E-state index in [2.05, 4.69) is 5.10 Å². The van der Waals surface area contributed by atoms with Gasteiger partial charge in [0.2, 0.25) is 6.79 Å². The first-order valence-corrected chi connectivity index (χ1v) is 5.24. The molecule has 0 unspecified atom stereocenters. The van der Waals surface area contributed by atoms with Gasteiger partial charge in [0.05, 0.1) is 13.0 Å². The minimum atomic E-state index is -0.0832. The minimum Gasteiger partial charge on any atom is -0.454 e. The second kappa shape index (κ2) is 3.65. The van der Waals surface area contributed by atoms with E-state index in [1.165, 1.54) is 5.01 Å². The number of fused-ring (bicyclic) bond motifs is 1. The van der Waals surface area contributed by atoms with Crippen LogP contribution in [0, 0.1) is 0 Å². The predicted octanol–water partition coefficient (Wildman–Crippen LogP) is 0.420. The van der Waals surface area contributed by atoms with Gasteiger partial charge in [0, 0.05) is 0 Å². The van der Waals surface area contributed by atoms with Crippen molar-refractivity contribution in [3.05, 3.63) is 23.8 Å². The molecule has 6 nitrogen and oxygen atoms in total. The number of hydrogen-bond acceptors (Lipinski definition) is 5. The fourth-order valence-corrected chi connectivity index (χ4v) is 1.83. The average Bonchev–Trinajstić information content (AvgIpc) is 2.85. The number of nitrogens with zero attached hydrogens (tertiary/aromatic N) is 2. The van der Waals surface area contributed by atoms with Crippen LogP contribution < -0.4 is 15.2 Å². The Morgan fingerprint density at radius 2 is 2.18 bits per heavy atom. The minimum absolute atomic E-state index is 0.0832. The Morgan fingerprint density at radius 1 is 1.35 bits per heavy atom. The molecule has 0 atom stereocenters. The molecule has 6 heteroatoms. The molecule has 1 aromatic carbocycles. The summed E-state index contributed by atoms with van der Waals surface area (Å²) >= 11 is 0. The molecule has 0 aliphatic carbocycles. The monoisotopic (exact) mass is 233 g/mol. The topological polar surface area (TPSA) is 77.2 Å². The smallest absolute Gasteiger partial charge is 0.250 e. The number of carbonyl (C=O) groups is 1. The van der Waals surface area contributed by atoms with Gasteiger partial charge in [-0.15, -0.1) is 0 Å². The summed E-state index contributed by atoms with van der Waals surface area (Å²) in [4.78, 5) is 11.5. The summed E-state index contributed by atoms with van der Waals surface area (Å²) in [5.74, 6) is 1.70. The summed E-state index contributed by atoms with van der Waals surface area (Å²) in [5.41, 5.74) is 6.43. The summed E-state index contributed by atoms with van der Waals surface area (Å²) in [6.45, 7) is 0.642. The maximum absolute atomic E-state index is 11.5. The highest BCUT2D eigenvalue weighted by Crippen LogP contribution is 2.32. The number of nitrogens with two attached hydrogens (primary N) is 1. The molecular formula is C11H11N3O3. The maximum Gasteiger partial charge on any atom is 0.250 e. The third-order valence-electron chi connectivity index (χ3n) is 2.64. The van der Waals surface area contributed by atoms with Crippen molar-refractivity contribution in [2.75, 3.05) is 6.79 Å². The molecule has 2 N–H and O–H groups in total. The van der Waals surface area contributed by atoms with Gasteiger partial charge in [0.1, 0.15) is 5.84 Å². The Labute approximate surface area is 97.6 Å². The van der Waals surface area contributed by atoms with Crippen molar-refractivity contribution < 1.29 is 14.3 Å². The van der Waals surface area contributed by atoms with E-state index in [-0.39, 0.29) is 19.1 Å². The van der Waals surface area contributed by atoms with Gasteiger partial charge in [-0.3, -0.25) is 4.79 Å². The lowest BCUT2D eigenvalue weighted by Crippen LogP contribution is -2.20. The average molecular weight is 233 g/mol. The third-order valence-corrected chi connectivity index (χ3v) is 2.64. The van der Waals surface area contributed by atoms with Gasteiger partial charge in [-0.25, -0.2) is 5.01 Å². The quantitative estimate of drug-likeness (QED) is 0.803. The highest BCUT2D eigenvalue weighted by Gasteiger charge is 2.22. The Morgan fingerprint density at radius 3 is 2.94 bits per heavy atom. The summed E-state index contributed by atoms with van der Waals surface area (Å²) < 4.78 is 10.5. The van der Waals surface area contributed by atoms with Crippen LogP contribution in [0.1, 0.15) is 12.0 Å². The van der Waals surface area contributed by atoms with Crippen molar-refractivity contribution in [1.29, 1.82) is 0 Å². The van der Waals surface area contributed by atoms with E-state index in [0.717, 1.165) is 11.3 Å². The molecule has 1 amide bonds. The highest BCUT2D eigenvalue weighted by molar-refractivity contribution is 6.02. The molecular weight excluding hydrogens is 222 g/mol. The lowest BCUT2D eigenvalue weighted by Gasteiger charge is -2.11. The number of rotatable bonds is 2. The molecule has 1 aromatic rings. The van der Waals surface area contributed by atoms with Crippen LogP contribution in [0.4, 0.5) is 0 Å². The fraction of sp³-hybridized carbons (Fsp3) is 0.273. The van der Waals surface area contributed by atoms with Gasteiger partial charge >= 0.3 is 0 Å². The maximum atomic E-state index is 11.5. The number of ether oxygens (including phenoxy) is 2. The van der Waals surface area contributed by atoms with Crippen LogP contribution in [-0.4, -0.2) is 23.5 Å². The van der Waals surface area contributed by atoms with E-state index in [9.17, 15) is 4.79 Å². The molecule has 2 heterocycles. The van der Waals surface area contributed by atoms with E-state index in [4.69, 9.17) is 15.2 Å². The van der Waals surface area contributed by atoms with E-state index in [1.807, 2.05) is 18.2 Å². The number of hydrazone groups is 1. The largest absolute Gasteiger partial charge is 0.454 e. The van der Waals surface area contributed by atoms with Crippen LogP contribution in [-0.2, 0) is 11.3 Å². The van der Waals surface area contributed by atoms with Crippen molar-refractivity contribution in [3.8, 4) is 11.5 Å². The number of carbonyl (C=O) groups excluding carboxylic acids is 1. The molecule has 0 aromatic heterocycles. The van der Waals surface area contributed by atoms with Gasteiger partial charge in [-0.1, -0.05) is 6.07 Å². The second-order valence-electron chi connectivity index (χ2n) is 3.91. The van der Waals surface area contributed by atoms with Crippen LogP contribution in [0.5, 0.6) is 11.5 Å². The zero-order chi connectivity index (χ0) is 11.8. The molecule has 88 valence electrons. The van der Waals surface area contributed by atoms with Crippen LogP contribution in [0.25, 0.3) is 0 Å². The Bertz CT molecular complexity index is 513. The molecule has 0 saturated carbocycles. The van der Waals surface area contributed by atoms with Gasteiger partial charge < -0.3 is 15.2 Å². The van der Waals surface area contributed by atoms with Gasteiger partial charge in [-0.2, -0.15) is 5.10 Å². The van der Waals surface area contributed by atoms with E-state index in [1.54, 1.807) is 0 Å².